The molecule has 0 aromatic heterocycles. The van der Waals surface area contributed by atoms with Crippen LogP contribution in [0.3, 0.4) is 0 Å². The van der Waals surface area contributed by atoms with Crippen LogP contribution in [0, 0.1) is 12.7 Å². The summed E-state index contributed by atoms with van der Waals surface area (Å²) in [5.41, 5.74) is 3.34. The van der Waals surface area contributed by atoms with Crippen LogP contribution in [0.5, 0.6) is 0 Å². The number of halogens is 1. The Balaban J connectivity index is 1.56. The number of hydrogen-bond acceptors (Lipinski definition) is 3. The molecule has 0 spiro atoms. The summed E-state index contributed by atoms with van der Waals surface area (Å²) < 4.78 is 13.1. The maximum atomic E-state index is 13.1. The zero-order valence-electron chi connectivity index (χ0n) is 12.7. The van der Waals surface area contributed by atoms with Crippen molar-refractivity contribution in [3.8, 4) is 0 Å². The molecular weight excluding hydrogens is 277 g/mol. The summed E-state index contributed by atoms with van der Waals surface area (Å²) in [6, 6.07) is 15.1. The molecule has 1 heterocycles. The Morgan fingerprint density at radius 2 is 1.73 bits per heavy atom. The van der Waals surface area contributed by atoms with Gasteiger partial charge in [-0.2, -0.15) is 5.10 Å². The van der Waals surface area contributed by atoms with Crippen LogP contribution in [0.4, 0.5) is 10.1 Å². The largest absolute Gasteiger partial charge is 0.368 e. The van der Waals surface area contributed by atoms with Crippen molar-refractivity contribution in [2.24, 2.45) is 5.10 Å². The highest BCUT2D eigenvalue weighted by molar-refractivity contribution is 5.79. The minimum absolute atomic E-state index is 0.229. The van der Waals surface area contributed by atoms with Crippen LogP contribution in [0.15, 0.2) is 53.6 Å². The van der Waals surface area contributed by atoms with Gasteiger partial charge in [0.15, 0.2) is 0 Å². The summed E-state index contributed by atoms with van der Waals surface area (Å²) in [5, 5.41) is 6.49. The van der Waals surface area contributed by atoms with Gasteiger partial charge in [-0.15, -0.1) is 0 Å². The second kappa shape index (κ2) is 6.60. The number of benzene rings is 2. The van der Waals surface area contributed by atoms with E-state index < -0.39 is 0 Å². The van der Waals surface area contributed by atoms with Gasteiger partial charge in [0.05, 0.1) is 19.3 Å². The van der Waals surface area contributed by atoms with Gasteiger partial charge in [0, 0.05) is 18.8 Å². The van der Waals surface area contributed by atoms with Crippen molar-refractivity contribution in [2.75, 3.05) is 31.1 Å². The quantitative estimate of drug-likeness (QED) is 0.810. The lowest BCUT2D eigenvalue weighted by Crippen LogP contribution is -2.44. The second-order valence-electron chi connectivity index (χ2n) is 5.58. The fraction of sp³-hybridized carbons (Fsp3) is 0.278. The maximum Gasteiger partial charge on any atom is 0.123 e. The van der Waals surface area contributed by atoms with Crippen molar-refractivity contribution >= 4 is 11.9 Å². The molecule has 3 rings (SSSR count). The number of piperazine rings is 1. The summed E-state index contributed by atoms with van der Waals surface area (Å²) in [6.45, 7) is 5.75. The molecule has 0 saturated carbocycles. The SMILES string of the molecule is Cc1ccc(N2CCN(N=Cc3cccc(F)c3)CC2)cc1. The Kier molecular flexibility index (Phi) is 4.37. The minimum atomic E-state index is -0.229. The molecule has 0 amide bonds. The molecule has 0 radical (unpaired) electrons. The second-order valence-corrected chi connectivity index (χ2v) is 5.58. The van der Waals surface area contributed by atoms with Gasteiger partial charge in [-0.3, -0.25) is 5.01 Å². The molecule has 0 atom stereocenters. The molecule has 2 aromatic rings. The van der Waals surface area contributed by atoms with E-state index in [1.54, 1.807) is 12.3 Å². The van der Waals surface area contributed by atoms with Crippen molar-refractivity contribution in [1.29, 1.82) is 0 Å². The summed E-state index contributed by atoms with van der Waals surface area (Å²) >= 11 is 0. The average Bonchev–Trinajstić information content (AvgIpc) is 2.54. The lowest BCUT2D eigenvalue weighted by atomic mass is 10.2. The van der Waals surface area contributed by atoms with E-state index >= 15 is 0 Å². The van der Waals surface area contributed by atoms with Gasteiger partial charge in [0.25, 0.3) is 0 Å². The van der Waals surface area contributed by atoms with Crippen molar-refractivity contribution < 1.29 is 4.39 Å². The standard InChI is InChI=1S/C18H20FN3/c1-15-5-7-18(8-6-15)21-9-11-22(12-10-21)20-14-16-3-2-4-17(19)13-16/h2-8,13-14H,9-12H2,1H3. The summed E-state index contributed by atoms with van der Waals surface area (Å²) in [4.78, 5) is 2.37. The first-order valence-electron chi connectivity index (χ1n) is 7.57. The smallest absolute Gasteiger partial charge is 0.123 e. The fourth-order valence-corrected chi connectivity index (χ4v) is 2.56. The van der Waals surface area contributed by atoms with E-state index in [9.17, 15) is 4.39 Å². The molecule has 1 aliphatic heterocycles. The molecule has 1 fully saturated rings. The van der Waals surface area contributed by atoms with Gasteiger partial charge in [-0.05, 0) is 36.8 Å². The Bertz CT molecular complexity index is 644. The number of hydrazone groups is 1. The van der Waals surface area contributed by atoms with Gasteiger partial charge in [0.2, 0.25) is 0 Å². The first kappa shape index (κ1) is 14.6. The molecule has 1 aliphatic rings. The number of rotatable bonds is 3. The lowest BCUT2D eigenvalue weighted by molar-refractivity contribution is 0.272. The van der Waals surface area contributed by atoms with E-state index in [0.717, 1.165) is 31.7 Å². The summed E-state index contributed by atoms with van der Waals surface area (Å²) in [5.74, 6) is -0.229. The summed E-state index contributed by atoms with van der Waals surface area (Å²) in [6.07, 6.45) is 1.73. The Labute approximate surface area is 130 Å². The molecule has 1 saturated heterocycles. The van der Waals surface area contributed by atoms with Crippen LogP contribution in [0.25, 0.3) is 0 Å². The molecule has 0 bridgehead atoms. The Morgan fingerprint density at radius 1 is 1.00 bits per heavy atom. The third-order valence-electron chi connectivity index (χ3n) is 3.87. The van der Waals surface area contributed by atoms with Gasteiger partial charge in [-0.25, -0.2) is 4.39 Å². The predicted octanol–water partition coefficient (Wildman–Crippen LogP) is 3.29. The van der Waals surface area contributed by atoms with Gasteiger partial charge < -0.3 is 4.90 Å². The van der Waals surface area contributed by atoms with E-state index in [0.29, 0.717) is 0 Å². The maximum absolute atomic E-state index is 13.1. The van der Waals surface area contributed by atoms with Crippen LogP contribution < -0.4 is 4.90 Å². The zero-order chi connectivity index (χ0) is 15.4. The van der Waals surface area contributed by atoms with Crippen LogP contribution in [-0.4, -0.2) is 37.4 Å². The number of aryl methyl sites for hydroxylation is 1. The fourth-order valence-electron chi connectivity index (χ4n) is 2.56. The molecule has 114 valence electrons. The normalized spacial score (nSPS) is 15.5. The van der Waals surface area contributed by atoms with Crippen molar-refractivity contribution in [2.45, 2.75) is 6.92 Å². The minimum Gasteiger partial charge on any atom is -0.368 e. The molecule has 3 nitrogen and oxygen atoms in total. The van der Waals surface area contributed by atoms with Crippen LogP contribution in [0.1, 0.15) is 11.1 Å². The van der Waals surface area contributed by atoms with E-state index in [2.05, 4.69) is 41.2 Å². The highest BCUT2D eigenvalue weighted by Gasteiger charge is 2.15. The predicted molar refractivity (Wildman–Crippen MR) is 89.0 cm³/mol. The molecule has 0 aliphatic carbocycles. The third kappa shape index (κ3) is 3.64. The van der Waals surface area contributed by atoms with Crippen molar-refractivity contribution in [3.05, 3.63) is 65.5 Å². The van der Waals surface area contributed by atoms with Gasteiger partial charge >= 0.3 is 0 Å². The van der Waals surface area contributed by atoms with E-state index in [1.165, 1.54) is 23.4 Å². The van der Waals surface area contributed by atoms with Crippen LogP contribution in [0.2, 0.25) is 0 Å². The van der Waals surface area contributed by atoms with E-state index in [1.807, 2.05) is 11.1 Å². The highest BCUT2D eigenvalue weighted by atomic mass is 19.1. The molecular formula is C18H20FN3. The lowest BCUT2D eigenvalue weighted by Gasteiger charge is -2.34. The number of anilines is 1. The molecule has 0 N–H and O–H groups in total. The molecule has 22 heavy (non-hydrogen) atoms. The third-order valence-corrected chi connectivity index (χ3v) is 3.87. The zero-order valence-corrected chi connectivity index (χ0v) is 12.7. The van der Waals surface area contributed by atoms with Gasteiger partial charge in [-0.1, -0.05) is 29.8 Å². The summed E-state index contributed by atoms with van der Waals surface area (Å²) in [7, 11) is 0. The number of hydrogen-bond donors (Lipinski definition) is 0. The first-order valence-corrected chi connectivity index (χ1v) is 7.57. The molecule has 2 aromatic carbocycles. The molecule has 0 unspecified atom stereocenters. The van der Waals surface area contributed by atoms with E-state index in [4.69, 9.17) is 0 Å². The Hall–Kier alpha value is -2.36. The first-order chi connectivity index (χ1) is 10.7. The Morgan fingerprint density at radius 3 is 2.41 bits per heavy atom. The van der Waals surface area contributed by atoms with Crippen molar-refractivity contribution in [3.63, 3.8) is 0 Å². The monoisotopic (exact) mass is 297 g/mol. The topological polar surface area (TPSA) is 18.8 Å². The van der Waals surface area contributed by atoms with Gasteiger partial charge in [0.1, 0.15) is 5.82 Å². The van der Waals surface area contributed by atoms with Crippen molar-refractivity contribution in [1.82, 2.24) is 5.01 Å². The number of nitrogens with zero attached hydrogens (tertiary/aromatic N) is 3. The van der Waals surface area contributed by atoms with E-state index in [-0.39, 0.29) is 5.82 Å². The highest BCUT2D eigenvalue weighted by Crippen LogP contribution is 2.17. The van der Waals surface area contributed by atoms with Crippen LogP contribution in [-0.2, 0) is 0 Å². The molecule has 4 heteroatoms. The average molecular weight is 297 g/mol. The van der Waals surface area contributed by atoms with Crippen LogP contribution >= 0.6 is 0 Å².